The van der Waals surface area contributed by atoms with Gasteiger partial charge in [-0.2, -0.15) is 0 Å². The molecule has 4 saturated carbocycles. The quantitative estimate of drug-likeness (QED) is 0.677. The van der Waals surface area contributed by atoms with Crippen molar-refractivity contribution < 1.29 is 14.4 Å². The molecule has 4 bridgehead atoms. The standard InChI is InChI=1S/C27H36N2O3/c1-18-2-4-22(5-3-18)24(30)6-7-25(31)28-23-8-10-29(11-9-23)26(32)27-15-19-12-20(16-27)14-21(13-19)17-27/h2-5,19-21,23H,6-17H2,1H3,(H,28,31). The minimum absolute atomic E-state index is 0.0103. The summed E-state index contributed by atoms with van der Waals surface area (Å²) in [6.07, 6.45) is 9.49. The van der Waals surface area contributed by atoms with E-state index in [9.17, 15) is 14.4 Å². The molecular weight excluding hydrogens is 400 g/mol. The molecule has 6 rings (SSSR count). The van der Waals surface area contributed by atoms with Gasteiger partial charge in [0.05, 0.1) is 5.41 Å². The summed E-state index contributed by atoms with van der Waals surface area (Å²) in [5, 5.41) is 3.10. The summed E-state index contributed by atoms with van der Waals surface area (Å²) in [5.41, 5.74) is 1.72. The number of nitrogens with zero attached hydrogens (tertiary/aromatic N) is 1. The topological polar surface area (TPSA) is 66.5 Å². The highest BCUT2D eigenvalue weighted by Gasteiger charge is 2.55. The zero-order valence-electron chi connectivity index (χ0n) is 19.3. The lowest BCUT2D eigenvalue weighted by Gasteiger charge is -2.57. The van der Waals surface area contributed by atoms with Crippen LogP contribution >= 0.6 is 0 Å². The molecule has 1 saturated heterocycles. The van der Waals surface area contributed by atoms with E-state index >= 15 is 0 Å². The maximum Gasteiger partial charge on any atom is 0.228 e. The monoisotopic (exact) mass is 436 g/mol. The smallest absolute Gasteiger partial charge is 0.228 e. The van der Waals surface area contributed by atoms with Crippen LogP contribution in [0.15, 0.2) is 24.3 Å². The minimum Gasteiger partial charge on any atom is -0.353 e. The van der Waals surface area contributed by atoms with E-state index in [2.05, 4.69) is 10.2 Å². The number of nitrogens with one attached hydrogen (secondary N) is 1. The highest BCUT2D eigenvalue weighted by atomic mass is 16.2. The van der Waals surface area contributed by atoms with Crippen LogP contribution in [-0.4, -0.2) is 41.6 Å². The molecule has 0 unspecified atom stereocenters. The zero-order chi connectivity index (χ0) is 22.3. The molecule has 5 fully saturated rings. The average molecular weight is 437 g/mol. The number of hydrogen-bond acceptors (Lipinski definition) is 3. The Kier molecular flexibility index (Phi) is 5.85. The van der Waals surface area contributed by atoms with Crippen molar-refractivity contribution in [1.29, 1.82) is 0 Å². The number of piperidine rings is 1. The number of rotatable bonds is 6. The fourth-order valence-corrected chi connectivity index (χ4v) is 7.35. The van der Waals surface area contributed by atoms with Crippen molar-refractivity contribution in [1.82, 2.24) is 10.2 Å². The summed E-state index contributed by atoms with van der Waals surface area (Å²) < 4.78 is 0. The average Bonchev–Trinajstić information content (AvgIpc) is 2.77. The fourth-order valence-electron chi connectivity index (χ4n) is 7.35. The summed E-state index contributed by atoms with van der Waals surface area (Å²) in [4.78, 5) is 40.3. The highest BCUT2D eigenvalue weighted by molar-refractivity contribution is 5.98. The van der Waals surface area contributed by atoms with Crippen LogP contribution in [0.1, 0.15) is 80.1 Å². The second kappa shape index (κ2) is 8.64. The first-order valence-electron chi connectivity index (χ1n) is 12.6. The third-order valence-corrected chi connectivity index (χ3v) is 8.59. The first-order chi connectivity index (χ1) is 15.4. The van der Waals surface area contributed by atoms with E-state index in [0.717, 1.165) is 68.5 Å². The number of amides is 2. The molecule has 1 heterocycles. The molecule has 1 aromatic rings. The summed E-state index contributed by atoms with van der Waals surface area (Å²) >= 11 is 0. The van der Waals surface area contributed by atoms with Crippen LogP contribution in [0.4, 0.5) is 0 Å². The maximum atomic E-state index is 13.5. The number of aryl methyl sites for hydroxylation is 1. The molecule has 5 aliphatic rings. The molecule has 1 aliphatic heterocycles. The Morgan fingerprint density at radius 2 is 1.47 bits per heavy atom. The van der Waals surface area contributed by atoms with Crippen molar-refractivity contribution in [2.24, 2.45) is 23.2 Å². The first kappa shape index (κ1) is 21.7. The number of benzene rings is 1. The van der Waals surface area contributed by atoms with Gasteiger partial charge in [-0.15, -0.1) is 0 Å². The molecule has 0 radical (unpaired) electrons. The third kappa shape index (κ3) is 4.35. The van der Waals surface area contributed by atoms with Gasteiger partial charge in [0, 0.05) is 37.5 Å². The number of hydrogen-bond donors (Lipinski definition) is 1. The van der Waals surface area contributed by atoms with Crippen LogP contribution in [0.3, 0.4) is 0 Å². The molecule has 4 aliphatic carbocycles. The SMILES string of the molecule is Cc1ccc(C(=O)CCC(=O)NC2CCN(C(=O)C34CC5CC(CC(C5)C3)C4)CC2)cc1. The fraction of sp³-hybridized carbons (Fsp3) is 0.667. The first-order valence-corrected chi connectivity index (χ1v) is 12.6. The second-order valence-corrected chi connectivity index (χ2v) is 11.1. The van der Waals surface area contributed by atoms with E-state index < -0.39 is 0 Å². The molecule has 0 aromatic heterocycles. The number of Topliss-reactive ketones (excluding diaryl/α,β-unsaturated/α-hetero) is 1. The lowest BCUT2D eigenvalue weighted by atomic mass is 9.49. The number of ketones is 1. The number of likely N-dealkylation sites (tertiary alicyclic amines) is 1. The van der Waals surface area contributed by atoms with Crippen LogP contribution in [0.5, 0.6) is 0 Å². The van der Waals surface area contributed by atoms with Gasteiger partial charge in [-0.3, -0.25) is 14.4 Å². The molecule has 172 valence electrons. The zero-order valence-corrected chi connectivity index (χ0v) is 19.3. The Balaban J connectivity index is 1.07. The van der Waals surface area contributed by atoms with Crippen molar-refractivity contribution in [3.63, 3.8) is 0 Å². The van der Waals surface area contributed by atoms with Gasteiger partial charge in [0.25, 0.3) is 0 Å². The Bertz CT molecular complexity index is 847. The van der Waals surface area contributed by atoms with Crippen LogP contribution < -0.4 is 5.32 Å². The molecule has 1 aromatic carbocycles. The van der Waals surface area contributed by atoms with Gasteiger partial charge in [0.2, 0.25) is 11.8 Å². The van der Waals surface area contributed by atoms with Gasteiger partial charge in [0.1, 0.15) is 0 Å². The Hall–Kier alpha value is -2.17. The lowest BCUT2D eigenvalue weighted by molar-refractivity contribution is -0.158. The molecule has 5 heteroatoms. The maximum absolute atomic E-state index is 13.5. The van der Waals surface area contributed by atoms with Gasteiger partial charge in [0.15, 0.2) is 5.78 Å². The molecule has 1 N–H and O–H groups in total. The molecule has 0 atom stereocenters. The predicted molar refractivity (Wildman–Crippen MR) is 123 cm³/mol. The van der Waals surface area contributed by atoms with Gasteiger partial charge >= 0.3 is 0 Å². The van der Waals surface area contributed by atoms with E-state index in [0.29, 0.717) is 11.5 Å². The minimum atomic E-state index is -0.0683. The van der Waals surface area contributed by atoms with Gasteiger partial charge < -0.3 is 10.2 Å². The molecule has 32 heavy (non-hydrogen) atoms. The second-order valence-electron chi connectivity index (χ2n) is 11.1. The van der Waals surface area contributed by atoms with E-state index in [1.807, 2.05) is 31.2 Å². The third-order valence-electron chi connectivity index (χ3n) is 8.59. The van der Waals surface area contributed by atoms with Crippen molar-refractivity contribution in [3.8, 4) is 0 Å². The van der Waals surface area contributed by atoms with Crippen LogP contribution in [0.25, 0.3) is 0 Å². The van der Waals surface area contributed by atoms with Crippen molar-refractivity contribution in [2.75, 3.05) is 13.1 Å². The van der Waals surface area contributed by atoms with Gasteiger partial charge in [-0.1, -0.05) is 29.8 Å². The Morgan fingerprint density at radius 1 is 0.906 bits per heavy atom. The van der Waals surface area contributed by atoms with E-state index in [1.165, 1.54) is 19.3 Å². The van der Waals surface area contributed by atoms with Gasteiger partial charge in [-0.25, -0.2) is 0 Å². The predicted octanol–water partition coefficient (Wildman–Crippen LogP) is 4.28. The molecule has 2 amide bonds. The Morgan fingerprint density at radius 3 is 2.03 bits per heavy atom. The lowest BCUT2D eigenvalue weighted by Crippen LogP contribution is -2.56. The highest BCUT2D eigenvalue weighted by Crippen LogP contribution is 2.60. The van der Waals surface area contributed by atoms with Crippen LogP contribution in [0.2, 0.25) is 0 Å². The summed E-state index contributed by atoms with van der Waals surface area (Å²) in [5.74, 6) is 2.71. The molecular formula is C27H36N2O3. The van der Waals surface area contributed by atoms with Crippen LogP contribution in [-0.2, 0) is 9.59 Å². The number of carbonyl (C=O) groups is 3. The largest absolute Gasteiger partial charge is 0.353 e. The van der Waals surface area contributed by atoms with Crippen molar-refractivity contribution in [3.05, 3.63) is 35.4 Å². The summed E-state index contributed by atoms with van der Waals surface area (Å²) in [7, 11) is 0. The molecule has 0 spiro atoms. The number of carbonyl (C=O) groups excluding carboxylic acids is 3. The van der Waals surface area contributed by atoms with Crippen molar-refractivity contribution in [2.45, 2.75) is 77.2 Å². The van der Waals surface area contributed by atoms with Crippen LogP contribution in [0, 0.1) is 30.1 Å². The Labute approximate surface area is 191 Å². The summed E-state index contributed by atoms with van der Waals surface area (Å²) in [6.45, 7) is 3.48. The van der Waals surface area contributed by atoms with Crippen molar-refractivity contribution >= 4 is 17.6 Å². The normalized spacial score (nSPS) is 31.5. The van der Waals surface area contributed by atoms with Gasteiger partial charge in [-0.05, 0) is 76.0 Å². The van der Waals surface area contributed by atoms with E-state index in [4.69, 9.17) is 0 Å². The summed E-state index contributed by atoms with van der Waals surface area (Å²) in [6, 6.07) is 7.60. The van der Waals surface area contributed by atoms with E-state index in [1.54, 1.807) is 0 Å². The van der Waals surface area contributed by atoms with E-state index in [-0.39, 0.29) is 36.0 Å². The molecule has 5 nitrogen and oxygen atoms in total.